The van der Waals surface area contributed by atoms with Gasteiger partial charge in [0, 0.05) is 30.6 Å². The van der Waals surface area contributed by atoms with Gasteiger partial charge in [-0.2, -0.15) is 0 Å². The van der Waals surface area contributed by atoms with E-state index in [1.807, 2.05) is 36.3 Å². The van der Waals surface area contributed by atoms with E-state index in [2.05, 4.69) is 16.4 Å². The Morgan fingerprint density at radius 1 is 1.50 bits per heavy atom. The molecular weight excluding hydrogens is 254 g/mol. The van der Waals surface area contributed by atoms with Crippen molar-refractivity contribution >= 4 is 0 Å². The first kappa shape index (κ1) is 13.0. The zero-order chi connectivity index (χ0) is 13.8. The van der Waals surface area contributed by atoms with Crippen molar-refractivity contribution in [3.05, 3.63) is 42.5 Å². The number of benzene rings is 1. The van der Waals surface area contributed by atoms with Gasteiger partial charge in [0.15, 0.2) is 0 Å². The third-order valence-corrected chi connectivity index (χ3v) is 3.50. The summed E-state index contributed by atoms with van der Waals surface area (Å²) in [6, 6.07) is 6.36. The molecule has 106 valence electrons. The molecule has 2 heterocycles. The summed E-state index contributed by atoms with van der Waals surface area (Å²) >= 11 is 0. The van der Waals surface area contributed by atoms with Gasteiger partial charge < -0.3 is 19.4 Å². The number of imidazole rings is 1. The molecule has 1 aliphatic heterocycles. The highest BCUT2D eigenvalue weighted by Gasteiger charge is 2.22. The van der Waals surface area contributed by atoms with Crippen LogP contribution >= 0.6 is 0 Å². The molecule has 1 atom stereocenters. The van der Waals surface area contributed by atoms with Gasteiger partial charge in [-0.1, -0.05) is 0 Å². The average molecular weight is 273 g/mol. The molecule has 5 nitrogen and oxygen atoms in total. The first-order valence-electron chi connectivity index (χ1n) is 6.89. The summed E-state index contributed by atoms with van der Waals surface area (Å²) in [5.74, 6) is 1.79. The van der Waals surface area contributed by atoms with Crippen LogP contribution in [0.15, 0.2) is 36.9 Å². The SMILES string of the molecule is CNC1COc2cc(OCCCn3ccnc3)ccc21. The van der Waals surface area contributed by atoms with E-state index in [1.165, 1.54) is 5.56 Å². The maximum atomic E-state index is 5.76. The van der Waals surface area contributed by atoms with E-state index in [1.54, 1.807) is 6.20 Å². The van der Waals surface area contributed by atoms with Gasteiger partial charge in [0.2, 0.25) is 0 Å². The van der Waals surface area contributed by atoms with E-state index < -0.39 is 0 Å². The first-order chi connectivity index (χ1) is 9.86. The number of hydrogen-bond acceptors (Lipinski definition) is 4. The second-order valence-corrected chi connectivity index (χ2v) is 4.85. The molecule has 1 N–H and O–H groups in total. The summed E-state index contributed by atoms with van der Waals surface area (Å²) < 4.78 is 13.5. The Morgan fingerprint density at radius 3 is 3.25 bits per heavy atom. The van der Waals surface area contributed by atoms with E-state index in [0.717, 1.165) is 24.5 Å². The Bertz CT molecular complexity index is 554. The van der Waals surface area contributed by atoms with Crippen LogP contribution in [0, 0.1) is 0 Å². The fourth-order valence-electron chi connectivity index (χ4n) is 2.38. The van der Waals surface area contributed by atoms with E-state index in [4.69, 9.17) is 9.47 Å². The molecule has 0 bridgehead atoms. The summed E-state index contributed by atoms with van der Waals surface area (Å²) in [5, 5.41) is 3.23. The normalized spacial score (nSPS) is 16.8. The summed E-state index contributed by atoms with van der Waals surface area (Å²) in [4.78, 5) is 4.01. The monoisotopic (exact) mass is 273 g/mol. The van der Waals surface area contributed by atoms with Crippen molar-refractivity contribution in [2.24, 2.45) is 0 Å². The second-order valence-electron chi connectivity index (χ2n) is 4.85. The number of likely N-dealkylation sites (N-methyl/N-ethyl adjacent to an activating group) is 1. The highest BCUT2D eigenvalue weighted by atomic mass is 16.5. The van der Waals surface area contributed by atoms with Crippen LogP contribution in [-0.2, 0) is 6.54 Å². The lowest BCUT2D eigenvalue weighted by molar-refractivity contribution is 0.296. The minimum Gasteiger partial charge on any atom is -0.493 e. The fraction of sp³-hybridized carbons (Fsp3) is 0.400. The molecule has 1 aliphatic rings. The Morgan fingerprint density at radius 2 is 2.45 bits per heavy atom. The summed E-state index contributed by atoms with van der Waals surface area (Å²) in [5.41, 5.74) is 1.21. The van der Waals surface area contributed by atoms with E-state index in [-0.39, 0.29) is 0 Å². The highest BCUT2D eigenvalue weighted by molar-refractivity contribution is 5.44. The second kappa shape index (κ2) is 5.96. The lowest BCUT2D eigenvalue weighted by atomic mass is 10.1. The molecule has 0 spiro atoms. The molecule has 0 saturated heterocycles. The quantitative estimate of drug-likeness (QED) is 0.818. The maximum absolute atomic E-state index is 5.76. The van der Waals surface area contributed by atoms with Crippen LogP contribution in [0.1, 0.15) is 18.0 Å². The third-order valence-electron chi connectivity index (χ3n) is 3.50. The molecule has 0 saturated carbocycles. The van der Waals surface area contributed by atoms with E-state index in [9.17, 15) is 0 Å². The zero-order valence-electron chi connectivity index (χ0n) is 11.6. The molecule has 3 rings (SSSR count). The Labute approximate surface area is 118 Å². The maximum Gasteiger partial charge on any atom is 0.127 e. The zero-order valence-corrected chi connectivity index (χ0v) is 11.6. The minimum atomic E-state index is 0.292. The Hall–Kier alpha value is -2.01. The minimum absolute atomic E-state index is 0.292. The largest absolute Gasteiger partial charge is 0.493 e. The molecule has 0 radical (unpaired) electrons. The van der Waals surface area contributed by atoms with Crippen molar-refractivity contribution in [2.75, 3.05) is 20.3 Å². The predicted molar refractivity (Wildman–Crippen MR) is 76.1 cm³/mol. The number of aryl methyl sites for hydroxylation is 1. The van der Waals surface area contributed by atoms with Crippen molar-refractivity contribution in [3.63, 3.8) is 0 Å². The van der Waals surface area contributed by atoms with Gasteiger partial charge >= 0.3 is 0 Å². The Kier molecular flexibility index (Phi) is 3.87. The topological polar surface area (TPSA) is 48.3 Å². The van der Waals surface area contributed by atoms with Crippen LogP contribution in [0.4, 0.5) is 0 Å². The van der Waals surface area contributed by atoms with Gasteiger partial charge in [0.25, 0.3) is 0 Å². The van der Waals surface area contributed by atoms with Crippen molar-refractivity contribution in [2.45, 2.75) is 19.0 Å². The van der Waals surface area contributed by atoms with Crippen LogP contribution in [0.2, 0.25) is 0 Å². The lowest BCUT2D eigenvalue weighted by Crippen LogP contribution is -2.17. The Balaban J connectivity index is 1.51. The van der Waals surface area contributed by atoms with E-state index >= 15 is 0 Å². The van der Waals surface area contributed by atoms with Gasteiger partial charge in [-0.05, 0) is 25.6 Å². The van der Waals surface area contributed by atoms with E-state index in [0.29, 0.717) is 19.3 Å². The molecule has 20 heavy (non-hydrogen) atoms. The van der Waals surface area contributed by atoms with Gasteiger partial charge in [0.1, 0.15) is 18.1 Å². The smallest absolute Gasteiger partial charge is 0.127 e. The van der Waals surface area contributed by atoms with Crippen molar-refractivity contribution in [1.29, 1.82) is 0 Å². The molecular formula is C15H19N3O2. The van der Waals surface area contributed by atoms with Gasteiger partial charge in [-0.3, -0.25) is 0 Å². The van der Waals surface area contributed by atoms with Gasteiger partial charge in [-0.15, -0.1) is 0 Å². The molecule has 1 aromatic heterocycles. The summed E-state index contributed by atoms with van der Waals surface area (Å²) in [6.45, 7) is 2.30. The van der Waals surface area contributed by atoms with Crippen molar-refractivity contribution in [1.82, 2.24) is 14.9 Å². The molecule has 0 amide bonds. The number of nitrogens with one attached hydrogen (secondary N) is 1. The standard InChI is InChI=1S/C15H19N3O2/c1-16-14-10-20-15-9-12(3-4-13(14)15)19-8-2-6-18-7-5-17-11-18/h3-5,7,9,11,14,16H,2,6,8,10H2,1H3. The lowest BCUT2D eigenvalue weighted by Gasteiger charge is -2.09. The van der Waals surface area contributed by atoms with Crippen LogP contribution < -0.4 is 14.8 Å². The molecule has 5 heteroatoms. The first-order valence-corrected chi connectivity index (χ1v) is 6.89. The van der Waals surface area contributed by atoms with Crippen molar-refractivity contribution < 1.29 is 9.47 Å². The third kappa shape index (κ3) is 2.77. The highest BCUT2D eigenvalue weighted by Crippen LogP contribution is 2.34. The number of fused-ring (bicyclic) bond motifs is 1. The number of rotatable bonds is 6. The van der Waals surface area contributed by atoms with Crippen molar-refractivity contribution in [3.8, 4) is 11.5 Å². The summed E-state index contributed by atoms with van der Waals surface area (Å²) in [7, 11) is 1.95. The molecule has 2 aromatic rings. The molecule has 0 fully saturated rings. The van der Waals surface area contributed by atoms with Gasteiger partial charge in [-0.25, -0.2) is 4.98 Å². The van der Waals surface area contributed by atoms with Crippen LogP contribution in [-0.4, -0.2) is 29.8 Å². The van der Waals surface area contributed by atoms with Crippen LogP contribution in [0.5, 0.6) is 11.5 Å². The average Bonchev–Trinajstić information content (AvgIpc) is 3.12. The number of aromatic nitrogens is 2. The predicted octanol–water partition coefficient (Wildman–Crippen LogP) is 2.01. The molecule has 0 aliphatic carbocycles. The summed E-state index contributed by atoms with van der Waals surface area (Å²) in [6.07, 6.45) is 6.52. The number of nitrogens with zero attached hydrogens (tertiary/aromatic N) is 2. The fourth-order valence-corrected chi connectivity index (χ4v) is 2.38. The molecule has 1 aromatic carbocycles. The van der Waals surface area contributed by atoms with Crippen LogP contribution in [0.3, 0.4) is 0 Å². The van der Waals surface area contributed by atoms with Gasteiger partial charge in [0.05, 0.1) is 19.0 Å². The number of ether oxygens (including phenoxy) is 2. The van der Waals surface area contributed by atoms with Crippen LogP contribution in [0.25, 0.3) is 0 Å². The number of hydrogen-bond donors (Lipinski definition) is 1. The molecule has 1 unspecified atom stereocenters.